The Kier molecular flexibility index (Phi) is 2.82. The Morgan fingerprint density at radius 2 is 1.75 bits per heavy atom. The average Bonchev–Trinajstić information content (AvgIpc) is 2.30. The third-order valence-corrected chi connectivity index (χ3v) is 2.53. The van der Waals surface area contributed by atoms with E-state index in [1.807, 2.05) is 25.1 Å². The molecule has 0 fully saturated rings. The van der Waals surface area contributed by atoms with Crippen molar-refractivity contribution in [1.29, 1.82) is 0 Å². The molecule has 0 bridgehead atoms. The zero-order valence-corrected chi connectivity index (χ0v) is 9.40. The quantitative estimate of drug-likeness (QED) is 0.714. The number of Topliss-reactive ketones (excluding diaryl/α,β-unsaturated/α-hetero) is 1. The van der Waals surface area contributed by atoms with Crippen molar-refractivity contribution in [3.63, 3.8) is 0 Å². The lowest BCUT2D eigenvalue weighted by molar-refractivity contribution is 0.101. The third-order valence-electron chi connectivity index (χ3n) is 2.53. The second-order valence-electron chi connectivity index (χ2n) is 3.88. The fourth-order valence-corrected chi connectivity index (χ4v) is 1.54. The molecular weight excluding hydrogens is 198 g/mol. The maximum absolute atomic E-state index is 11.2. The van der Waals surface area contributed by atoms with E-state index in [4.69, 9.17) is 0 Å². The molecule has 0 unspecified atom stereocenters. The first-order valence-electron chi connectivity index (χ1n) is 5.20. The summed E-state index contributed by atoms with van der Waals surface area (Å²) in [6, 6.07) is 10.1. The molecule has 0 saturated carbocycles. The largest absolute Gasteiger partial charge is 0.294 e. The van der Waals surface area contributed by atoms with Crippen LogP contribution in [0.3, 0.4) is 0 Å². The van der Waals surface area contributed by atoms with Gasteiger partial charge in [0, 0.05) is 23.5 Å². The maximum Gasteiger partial charge on any atom is 0.161 e. The van der Waals surface area contributed by atoms with Crippen molar-refractivity contribution in [1.82, 2.24) is 4.98 Å². The van der Waals surface area contributed by atoms with E-state index in [1.165, 1.54) is 5.56 Å². The Hall–Kier alpha value is -1.96. The molecule has 0 aliphatic carbocycles. The van der Waals surface area contributed by atoms with Crippen LogP contribution in [0, 0.1) is 6.92 Å². The lowest BCUT2D eigenvalue weighted by atomic mass is 10.0. The zero-order valence-electron chi connectivity index (χ0n) is 9.40. The van der Waals surface area contributed by atoms with Crippen molar-refractivity contribution in [2.24, 2.45) is 0 Å². The highest BCUT2D eigenvalue weighted by Gasteiger charge is 2.02. The summed E-state index contributed by atoms with van der Waals surface area (Å²) >= 11 is 0. The second kappa shape index (κ2) is 4.27. The van der Waals surface area contributed by atoms with E-state index in [0.29, 0.717) is 5.56 Å². The Morgan fingerprint density at radius 3 is 2.38 bits per heavy atom. The lowest BCUT2D eigenvalue weighted by Crippen LogP contribution is -1.93. The molecule has 1 aromatic heterocycles. The normalized spacial score (nSPS) is 10.1. The molecule has 80 valence electrons. The van der Waals surface area contributed by atoms with E-state index in [-0.39, 0.29) is 5.78 Å². The van der Waals surface area contributed by atoms with E-state index in [0.717, 1.165) is 11.1 Å². The number of benzene rings is 1. The predicted molar refractivity (Wildman–Crippen MR) is 64.4 cm³/mol. The molecule has 0 aliphatic rings. The molecule has 0 atom stereocenters. The van der Waals surface area contributed by atoms with Crippen molar-refractivity contribution >= 4 is 5.78 Å². The monoisotopic (exact) mass is 211 g/mol. The van der Waals surface area contributed by atoms with Gasteiger partial charge < -0.3 is 0 Å². The number of carbonyl (C=O) groups excluding carboxylic acids is 1. The number of hydrogen-bond donors (Lipinski definition) is 0. The Labute approximate surface area is 95.0 Å². The van der Waals surface area contributed by atoms with Crippen LogP contribution in [0.5, 0.6) is 0 Å². The third kappa shape index (κ3) is 2.16. The second-order valence-corrected chi connectivity index (χ2v) is 3.88. The van der Waals surface area contributed by atoms with Crippen LogP contribution in [0.4, 0.5) is 0 Å². The molecular formula is C14H13NO. The number of ketones is 1. The zero-order chi connectivity index (χ0) is 11.5. The van der Waals surface area contributed by atoms with Gasteiger partial charge in [-0.3, -0.25) is 9.78 Å². The van der Waals surface area contributed by atoms with Gasteiger partial charge in [0.1, 0.15) is 0 Å². The number of pyridine rings is 1. The highest BCUT2D eigenvalue weighted by atomic mass is 16.1. The van der Waals surface area contributed by atoms with Gasteiger partial charge in [0.05, 0.1) is 0 Å². The summed E-state index contributed by atoms with van der Waals surface area (Å²) in [5, 5.41) is 0. The van der Waals surface area contributed by atoms with Gasteiger partial charge in [-0.1, -0.05) is 29.8 Å². The van der Waals surface area contributed by atoms with Crippen LogP contribution in [-0.2, 0) is 0 Å². The molecule has 0 N–H and O–H groups in total. The number of aryl methyl sites for hydroxylation is 1. The van der Waals surface area contributed by atoms with Gasteiger partial charge in [-0.15, -0.1) is 0 Å². The first kappa shape index (κ1) is 10.6. The number of rotatable bonds is 2. The molecule has 2 nitrogen and oxygen atoms in total. The van der Waals surface area contributed by atoms with E-state index in [9.17, 15) is 4.79 Å². The van der Waals surface area contributed by atoms with E-state index in [2.05, 4.69) is 17.1 Å². The van der Waals surface area contributed by atoms with Crippen LogP contribution < -0.4 is 0 Å². The summed E-state index contributed by atoms with van der Waals surface area (Å²) < 4.78 is 0. The summed E-state index contributed by atoms with van der Waals surface area (Å²) in [6.45, 7) is 3.60. The van der Waals surface area contributed by atoms with Crippen molar-refractivity contribution in [3.05, 3.63) is 53.9 Å². The van der Waals surface area contributed by atoms with E-state index < -0.39 is 0 Å². The molecule has 2 heteroatoms. The van der Waals surface area contributed by atoms with Gasteiger partial charge in [-0.2, -0.15) is 0 Å². The smallest absolute Gasteiger partial charge is 0.161 e. The number of nitrogens with zero attached hydrogens (tertiary/aromatic N) is 1. The van der Waals surface area contributed by atoms with Gasteiger partial charge in [0.15, 0.2) is 5.78 Å². The van der Waals surface area contributed by atoms with Crippen LogP contribution in [0.2, 0.25) is 0 Å². The molecule has 2 aromatic rings. The van der Waals surface area contributed by atoms with Crippen molar-refractivity contribution < 1.29 is 4.79 Å². The van der Waals surface area contributed by atoms with Crippen LogP contribution in [-0.4, -0.2) is 10.8 Å². The number of carbonyl (C=O) groups is 1. The first-order chi connectivity index (χ1) is 7.66. The number of aromatic nitrogens is 1. The topological polar surface area (TPSA) is 30.0 Å². The summed E-state index contributed by atoms with van der Waals surface area (Å²) in [6.07, 6.45) is 3.37. The maximum atomic E-state index is 11.2. The predicted octanol–water partition coefficient (Wildman–Crippen LogP) is 3.26. The summed E-state index contributed by atoms with van der Waals surface area (Å²) in [7, 11) is 0. The Balaban J connectivity index is 2.44. The van der Waals surface area contributed by atoms with Crippen LogP contribution in [0.15, 0.2) is 42.7 Å². The first-order valence-corrected chi connectivity index (χ1v) is 5.20. The van der Waals surface area contributed by atoms with Gasteiger partial charge in [0.2, 0.25) is 0 Å². The Bertz CT molecular complexity index is 515. The van der Waals surface area contributed by atoms with E-state index in [1.54, 1.807) is 19.3 Å². The van der Waals surface area contributed by atoms with Crippen molar-refractivity contribution in [3.8, 4) is 11.1 Å². The SMILES string of the molecule is CC(=O)c1cncc(-c2ccc(C)cc2)c1. The molecule has 0 saturated heterocycles. The molecule has 0 radical (unpaired) electrons. The minimum atomic E-state index is 0.0430. The van der Waals surface area contributed by atoms with Crippen LogP contribution >= 0.6 is 0 Å². The lowest BCUT2D eigenvalue weighted by Gasteiger charge is -2.03. The highest BCUT2D eigenvalue weighted by molar-refractivity contribution is 5.94. The molecule has 0 spiro atoms. The minimum absolute atomic E-state index is 0.0430. The van der Waals surface area contributed by atoms with Gasteiger partial charge in [-0.05, 0) is 25.5 Å². The molecule has 0 amide bonds. The summed E-state index contributed by atoms with van der Waals surface area (Å²) in [5.41, 5.74) is 3.94. The average molecular weight is 211 g/mol. The van der Waals surface area contributed by atoms with Gasteiger partial charge in [-0.25, -0.2) is 0 Å². The molecule has 0 aliphatic heterocycles. The van der Waals surface area contributed by atoms with E-state index >= 15 is 0 Å². The highest BCUT2D eigenvalue weighted by Crippen LogP contribution is 2.19. The Morgan fingerprint density at radius 1 is 1.06 bits per heavy atom. The van der Waals surface area contributed by atoms with Crippen molar-refractivity contribution in [2.75, 3.05) is 0 Å². The van der Waals surface area contributed by atoms with Crippen LogP contribution in [0.25, 0.3) is 11.1 Å². The van der Waals surface area contributed by atoms with Crippen molar-refractivity contribution in [2.45, 2.75) is 13.8 Å². The fourth-order valence-electron chi connectivity index (χ4n) is 1.54. The van der Waals surface area contributed by atoms with Gasteiger partial charge in [0.25, 0.3) is 0 Å². The molecule has 2 rings (SSSR count). The van der Waals surface area contributed by atoms with Gasteiger partial charge >= 0.3 is 0 Å². The van der Waals surface area contributed by atoms with Crippen LogP contribution in [0.1, 0.15) is 22.8 Å². The molecule has 1 aromatic carbocycles. The minimum Gasteiger partial charge on any atom is -0.294 e. The number of hydrogen-bond acceptors (Lipinski definition) is 2. The summed E-state index contributed by atoms with van der Waals surface area (Å²) in [5.74, 6) is 0.0430. The summed E-state index contributed by atoms with van der Waals surface area (Å²) in [4.78, 5) is 15.3. The fraction of sp³-hybridized carbons (Fsp3) is 0.143. The molecule has 1 heterocycles. The standard InChI is InChI=1S/C14H13NO/c1-10-3-5-12(6-4-10)14-7-13(11(2)16)8-15-9-14/h3-9H,1-2H3. The molecule has 16 heavy (non-hydrogen) atoms.